The zero-order chi connectivity index (χ0) is 24.6. The Morgan fingerprint density at radius 2 is 1.72 bits per heavy atom. The summed E-state index contributed by atoms with van der Waals surface area (Å²) in [6, 6.07) is 22.8. The molecule has 0 aliphatic heterocycles. The molecule has 0 aliphatic rings. The summed E-state index contributed by atoms with van der Waals surface area (Å²) < 4.78 is 2.11. The van der Waals surface area contributed by atoms with Crippen molar-refractivity contribution in [1.29, 1.82) is 0 Å². The highest BCUT2D eigenvalue weighted by molar-refractivity contribution is 5.76. The van der Waals surface area contributed by atoms with Crippen LogP contribution < -0.4 is 0 Å². The van der Waals surface area contributed by atoms with E-state index in [4.69, 9.17) is 10.1 Å². The van der Waals surface area contributed by atoms with Gasteiger partial charge in [0, 0.05) is 36.7 Å². The van der Waals surface area contributed by atoms with Crippen molar-refractivity contribution in [2.45, 2.75) is 52.0 Å². The first-order chi connectivity index (χ1) is 17.8. The predicted molar refractivity (Wildman–Crippen MR) is 139 cm³/mol. The summed E-state index contributed by atoms with van der Waals surface area (Å²) in [5, 5.41) is 19.3. The lowest BCUT2D eigenvalue weighted by atomic mass is 10.0. The lowest BCUT2D eigenvalue weighted by molar-refractivity contribution is 0.531. The number of aromatic nitrogens is 8. The smallest absolute Gasteiger partial charge is 0.206 e. The monoisotopic (exact) mass is 478 g/mol. The maximum Gasteiger partial charge on any atom is 0.206 e. The third-order valence-electron chi connectivity index (χ3n) is 6.23. The van der Waals surface area contributed by atoms with Gasteiger partial charge in [0.25, 0.3) is 0 Å². The Bertz CT molecular complexity index is 1360. The van der Waals surface area contributed by atoms with E-state index in [0.717, 1.165) is 60.7 Å². The van der Waals surface area contributed by atoms with Crippen molar-refractivity contribution in [3.63, 3.8) is 0 Å². The van der Waals surface area contributed by atoms with E-state index in [1.807, 2.05) is 18.2 Å². The summed E-state index contributed by atoms with van der Waals surface area (Å²) in [5.74, 6) is 2.47. The Hall–Kier alpha value is -4.20. The van der Waals surface area contributed by atoms with Gasteiger partial charge in [-0.25, -0.2) is 9.67 Å². The fourth-order valence-electron chi connectivity index (χ4n) is 4.31. The lowest BCUT2D eigenvalue weighted by Gasteiger charge is -2.08. The molecule has 0 radical (unpaired) electrons. The average Bonchev–Trinajstić information content (AvgIpc) is 3.59. The molecule has 3 heterocycles. The second-order valence-corrected chi connectivity index (χ2v) is 8.87. The van der Waals surface area contributed by atoms with Gasteiger partial charge < -0.3 is 0 Å². The first kappa shape index (κ1) is 23.5. The molecule has 8 nitrogen and oxygen atoms in total. The van der Waals surface area contributed by atoms with Crippen LogP contribution in [0.2, 0.25) is 0 Å². The highest BCUT2D eigenvalue weighted by atomic mass is 15.5. The number of nitrogens with one attached hydrogen (secondary N) is 1. The maximum atomic E-state index is 4.94. The number of unbranched alkanes of at least 4 members (excludes halogenated alkanes) is 2. The van der Waals surface area contributed by atoms with Gasteiger partial charge in [0.1, 0.15) is 5.82 Å². The molecule has 0 atom stereocenters. The topological polar surface area (TPSA) is 98.1 Å². The Labute approximate surface area is 210 Å². The number of H-pyrrole nitrogens is 1. The predicted octanol–water partition coefficient (Wildman–Crippen LogP) is 5.09. The molecule has 0 fully saturated rings. The molecule has 8 heteroatoms. The standard InChI is InChI=1S/C28H30N8/c1-2-3-7-19-36-26(30-25(33-36)17-14-21-9-5-4-6-10-21)20-22-12-15-23(16-13-22)27-24(11-8-18-29-27)28-31-34-35-32-28/h4-6,8-13,15-16,18H,2-3,7,14,17,19-20H2,1H3,(H,31,32,34,35). The van der Waals surface area contributed by atoms with E-state index in [1.54, 1.807) is 6.20 Å². The van der Waals surface area contributed by atoms with E-state index < -0.39 is 0 Å². The van der Waals surface area contributed by atoms with Crippen LogP contribution in [0.3, 0.4) is 0 Å². The van der Waals surface area contributed by atoms with Gasteiger partial charge in [0.05, 0.1) is 5.69 Å². The van der Waals surface area contributed by atoms with Crippen LogP contribution in [0, 0.1) is 0 Å². The van der Waals surface area contributed by atoms with Crippen LogP contribution >= 0.6 is 0 Å². The Kier molecular flexibility index (Phi) is 7.51. The fourth-order valence-corrected chi connectivity index (χ4v) is 4.31. The number of aromatic amines is 1. The van der Waals surface area contributed by atoms with E-state index in [0.29, 0.717) is 5.82 Å². The van der Waals surface area contributed by atoms with Crippen molar-refractivity contribution in [2.24, 2.45) is 0 Å². The van der Waals surface area contributed by atoms with Crippen molar-refractivity contribution in [3.8, 4) is 22.6 Å². The molecule has 0 saturated heterocycles. The summed E-state index contributed by atoms with van der Waals surface area (Å²) in [6.45, 7) is 3.13. The molecule has 0 amide bonds. The Morgan fingerprint density at radius 3 is 2.50 bits per heavy atom. The van der Waals surface area contributed by atoms with E-state index >= 15 is 0 Å². The molecule has 36 heavy (non-hydrogen) atoms. The average molecular weight is 479 g/mol. The largest absolute Gasteiger partial charge is 0.255 e. The zero-order valence-corrected chi connectivity index (χ0v) is 20.5. The molecule has 5 rings (SSSR count). The summed E-state index contributed by atoms with van der Waals surface area (Å²) in [4.78, 5) is 9.52. The molecule has 2 aromatic carbocycles. The molecule has 3 aromatic heterocycles. The summed E-state index contributed by atoms with van der Waals surface area (Å²) in [5.41, 5.74) is 5.18. The van der Waals surface area contributed by atoms with Crippen LogP contribution in [0.1, 0.15) is 49.0 Å². The first-order valence-corrected chi connectivity index (χ1v) is 12.5. The van der Waals surface area contributed by atoms with E-state index in [9.17, 15) is 0 Å². The number of hydrogen-bond acceptors (Lipinski definition) is 6. The maximum absolute atomic E-state index is 4.94. The van der Waals surface area contributed by atoms with Crippen LogP contribution in [-0.4, -0.2) is 40.4 Å². The number of pyridine rings is 1. The molecule has 0 unspecified atom stereocenters. The van der Waals surface area contributed by atoms with Gasteiger partial charge >= 0.3 is 0 Å². The number of aryl methyl sites for hydroxylation is 3. The first-order valence-electron chi connectivity index (χ1n) is 12.5. The van der Waals surface area contributed by atoms with E-state index in [2.05, 4.69) is 85.7 Å². The highest BCUT2D eigenvalue weighted by Crippen LogP contribution is 2.28. The Balaban J connectivity index is 1.33. The van der Waals surface area contributed by atoms with Crippen molar-refractivity contribution < 1.29 is 0 Å². The van der Waals surface area contributed by atoms with Crippen molar-refractivity contribution >= 4 is 0 Å². The van der Waals surface area contributed by atoms with Crippen LogP contribution in [-0.2, 0) is 25.8 Å². The van der Waals surface area contributed by atoms with Gasteiger partial charge in [-0.2, -0.15) is 10.3 Å². The second kappa shape index (κ2) is 11.5. The van der Waals surface area contributed by atoms with Gasteiger partial charge in [0.15, 0.2) is 5.82 Å². The molecule has 1 N–H and O–H groups in total. The minimum absolute atomic E-state index is 0.533. The van der Waals surface area contributed by atoms with Gasteiger partial charge in [-0.3, -0.25) is 4.98 Å². The number of benzene rings is 2. The molecule has 5 aromatic rings. The Morgan fingerprint density at radius 1 is 0.861 bits per heavy atom. The van der Waals surface area contributed by atoms with E-state index in [1.165, 1.54) is 24.0 Å². The number of nitrogens with zero attached hydrogens (tertiary/aromatic N) is 7. The molecule has 0 saturated carbocycles. The highest BCUT2D eigenvalue weighted by Gasteiger charge is 2.14. The van der Waals surface area contributed by atoms with Gasteiger partial charge in [0.2, 0.25) is 5.82 Å². The molecular weight excluding hydrogens is 448 g/mol. The zero-order valence-electron chi connectivity index (χ0n) is 20.5. The van der Waals surface area contributed by atoms with Crippen LogP contribution in [0.25, 0.3) is 22.6 Å². The van der Waals surface area contributed by atoms with Crippen molar-refractivity contribution in [1.82, 2.24) is 40.4 Å². The minimum atomic E-state index is 0.533. The summed E-state index contributed by atoms with van der Waals surface area (Å²) in [6.07, 6.45) is 7.80. The van der Waals surface area contributed by atoms with Crippen LogP contribution in [0.15, 0.2) is 72.9 Å². The van der Waals surface area contributed by atoms with Gasteiger partial charge in [-0.05, 0) is 41.3 Å². The second-order valence-electron chi connectivity index (χ2n) is 8.87. The van der Waals surface area contributed by atoms with Gasteiger partial charge in [-0.1, -0.05) is 74.4 Å². The lowest BCUT2D eigenvalue weighted by Crippen LogP contribution is -2.07. The van der Waals surface area contributed by atoms with E-state index in [-0.39, 0.29) is 0 Å². The normalized spacial score (nSPS) is 11.1. The third kappa shape index (κ3) is 5.71. The molecule has 0 spiro atoms. The van der Waals surface area contributed by atoms with Crippen molar-refractivity contribution in [2.75, 3.05) is 0 Å². The fraction of sp³-hybridized carbons (Fsp3) is 0.286. The molecule has 0 aliphatic carbocycles. The summed E-state index contributed by atoms with van der Waals surface area (Å²) >= 11 is 0. The SMILES string of the molecule is CCCCCn1nc(CCc2ccccc2)nc1Cc1ccc(-c2ncccc2-c2nn[nH]n2)cc1. The number of rotatable bonds is 11. The molecule has 182 valence electrons. The number of tetrazole rings is 1. The molecular formula is C28H30N8. The quantitative estimate of drug-likeness (QED) is 0.266. The van der Waals surface area contributed by atoms with Crippen molar-refractivity contribution in [3.05, 3.63) is 95.7 Å². The van der Waals surface area contributed by atoms with Crippen LogP contribution in [0.4, 0.5) is 0 Å². The molecule has 0 bridgehead atoms. The van der Waals surface area contributed by atoms with Crippen LogP contribution in [0.5, 0.6) is 0 Å². The minimum Gasteiger partial charge on any atom is -0.255 e. The number of hydrogen-bond donors (Lipinski definition) is 1. The third-order valence-corrected chi connectivity index (χ3v) is 6.23. The van der Waals surface area contributed by atoms with Gasteiger partial charge in [-0.15, -0.1) is 10.2 Å². The summed E-state index contributed by atoms with van der Waals surface area (Å²) in [7, 11) is 0.